The third kappa shape index (κ3) is 2.48. The topological polar surface area (TPSA) is 50.9 Å². The first-order valence-corrected chi connectivity index (χ1v) is 4.14. The molecule has 3 N–H and O–H groups in total. The van der Waals surface area contributed by atoms with E-state index in [-0.39, 0.29) is 10.3 Å². The molecule has 0 spiro atoms. The van der Waals surface area contributed by atoms with E-state index >= 15 is 0 Å². The quantitative estimate of drug-likeness (QED) is 0.564. The van der Waals surface area contributed by atoms with Gasteiger partial charge in [-0.1, -0.05) is 23.2 Å². The molecule has 0 saturated heterocycles. The molecule has 0 saturated carbocycles. The molecule has 1 aromatic rings. The molecule has 0 fully saturated rings. The van der Waals surface area contributed by atoms with Gasteiger partial charge in [0, 0.05) is 0 Å². The van der Waals surface area contributed by atoms with Crippen LogP contribution in [0.5, 0.6) is 0 Å². The summed E-state index contributed by atoms with van der Waals surface area (Å²) < 4.78 is 0. The highest BCUT2D eigenvalue weighted by Gasteiger charge is 2.01. The van der Waals surface area contributed by atoms with E-state index in [1.54, 1.807) is 12.1 Å². The van der Waals surface area contributed by atoms with E-state index in [9.17, 15) is 0 Å². The SMILES string of the molecule is NC(=S)Nc1ccc(Cl)nc1Cl. The Hall–Kier alpha value is -0.580. The van der Waals surface area contributed by atoms with E-state index in [1.165, 1.54) is 0 Å². The second kappa shape index (κ2) is 3.89. The Labute approximate surface area is 84.9 Å². The van der Waals surface area contributed by atoms with Gasteiger partial charge in [-0.3, -0.25) is 0 Å². The molecule has 0 aromatic carbocycles. The van der Waals surface area contributed by atoms with E-state index in [0.717, 1.165) is 0 Å². The van der Waals surface area contributed by atoms with Crippen molar-refractivity contribution in [2.75, 3.05) is 5.32 Å². The lowest BCUT2D eigenvalue weighted by Crippen LogP contribution is -2.19. The average molecular weight is 222 g/mol. The standard InChI is InChI=1S/C6H5Cl2N3S/c7-4-2-1-3(5(8)11-4)10-6(9)12/h1-2H,(H3,9,10,12). The fourth-order valence-electron chi connectivity index (χ4n) is 0.638. The molecule has 0 aliphatic heterocycles. The average Bonchev–Trinajstić information content (AvgIpc) is 1.94. The van der Waals surface area contributed by atoms with Crippen molar-refractivity contribution >= 4 is 46.2 Å². The van der Waals surface area contributed by atoms with Crippen LogP contribution in [0.2, 0.25) is 10.3 Å². The monoisotopic (exact) mass is 221 g/mol. The Kier molecular flexibility index (Phi) is 3.08. The molecule has 0 radical (unpaired) electrons. The van der Waals surface area contributed by atoms with Crippen LogP contribution >= 0.6 is 35.4 Å². The molecule has 0 aliphatic rings. The maximum Gasteiger partial charge on any atom is 0.168 e. The van der Waals surface area contributed by atoms with Gasteiger partial charge >= 0.3 is 0 Å². The fraction of sp³-hybridized carbons (Fsp3) is 0. The first-order chi connectivity index (χ1) is 5.59. The largest absolute Gasteiger partial charge is 0.376 e. The van der Waals surface area contributed by atoms with Crippen molar-refractivity contribution in [2.24, 2.45) is 5.73 Å². The fourth-order valence-corrected chi connectivity index (χ4v) is 1.14. The summed E-state index contributed by atoms with van der Waals surface area (Å²) in [6, 6.07) is 3.24. The number of nitrogens with two attached hydrogens (primary N) is 1. The maximum absolute atomic E-state index is 5.70. The number of hydrogen-bond acceptors (Lipinski definition) is 2. The molecule has 0 amide bonds. The van der Waals surface area contributed by atoms with Gasteiger partial charge in [0.15, 0.2) is 10.3 Å². The Bertz CT molecular complexity index is 316. The summed E-state index contributed by atoms with van der Waals surface area (Å²) in [7, 11) is 0. The Morgan fingerprint density at radius 3 is 2.67 bits per heavy atom. The number of hydrogen-bond donors (Lipinski definition) is 2. The van der Waals surface area contributed by atoms with Gasteiger partial charge in [0.1, 0.15) is 5.15 Å². The van der Waals surface area contributed by atoms with Crippen molar-refractivity contribution in [1.82, 2.24) is 4.98 Å². The summed E-state index contributed by atoms with van der Waals surface area (Å²) in [5, 5.41) is 3.37. The first-order valence-electron chi connectivity index (χ1n) is 2.98. The van der Waals surface area contributed by atoms with Crippen molar-refractivity contribution in [3.8, 4) is 0 Å². The molecule has 12 heavy (non-hydrogen) atoms. The van der Waals surface area contributed by atoms with Crippen molar-refractivity contribution in [3.05, 3.63) is 22.4 Å². The Morgan fingerprint density at radius 1 is 1.50 bits per heavy atom. The molecule has 64 valence electrons. The molecule has 6 heteroatoms. The number of rotatable bonds is 1. The zero-order valence-electron chi connectivity index (χ0n) is 5.84. The zero-order valence-corrected chi connectivity index (χ0v) is 8.17. The number of pyridine rings is 1. The van der Waals surface area contributed by atoms with E-state index in [2.05, 4.69) is 22.5 Å². The minimum absolute atomic E-state index is 0.140. The summed E-state index contributed by atoms with van der Waals surface area (Å²) in [4.78, 5) is 3.78. The number of thiocarbonyl (C=S) groups is 1. The molecular weight excluding hydrogens is 217 g/mol. The van der Waals surface area contributed by atoms with Gasteiger partial charge in [0.25, 0.3) is 0 Å². The number of nitrogens with zero attached hydrogens (tertiary/aromatic N) is 1. The van der Waals surface area contributed by atoms with Crippen LogP contribution in [0, 0.1) is 0 Å². The van der Waals surface area contributed by atoms with Crippen LogP contribution in [0.3, 0.4) is 0 Å². The minimum atomic E-state index is 0.140. The second-order valence-corrected chi connectivity index (χ2v) is 3.15. The van der Waals surface area contributed by atoms with Crippen LogP contribution in [0.25, 0.3) is 0 Å². The van der Waals surface area contributed by atoms with Crippen LogP contribution in [-0.4, -0.2) is 10.1 Å². The maximum atomic E-state index is 5.70. The summed E-state index contributed by atoms with van der Waals surface area (Å²) in [6.07, 6.45) is 0. The summed E-state index contributed by atoms with van der Waals surface area (Å²) in [5.41, 5.74) is 5.78. The predicted molar refractivity (Wildman–Crippen MR) is 54.7 cm³/mol. The van der Waals surface area contributed by atoms with Gasteiger partial charge in [-0.25, -0.2) is 4.98 Å². The second-order valence-electron chi connectivity index (χ2n) is 1.96. The van der Waals surface area contributed by atoms with E-state index in [4.69, 9.17) is 28.9 Å². The molecule has 3 nitrogen and oxygen atoms in total. The molecule has 1 heterocycles. The summed E-state index contributed by atoms with van der Waals surface area (Å²) in [6.45, 7) is 0. The molecule has 0 aliphatic carbocycles. The van der Waals surface area contributed by atoms with E-state index in [0.29, 0.717) is 10.8 Å². The summed E-state index contributed by atoms with van der Waals surface area (Å²) >= 11 is 15.9. The highest BCUT2D eigenvalue weighted by molar-refractivity contribution is 7.80. The lowest BCUT2D eigenvalue weighted by atomic mass is 10.4. The molecular formula is C6H5Cl2N3S. The van der Waals surface area contributed by atoms with Gasteiger partial charge in [-0.05, 0) is 24.4 Å². The van der Waals surface area contributed by atoms with Gasteiger partial charge in [0.05, 0.1) is 5.69 Å². The lowest BCUT2D eigenvalue weighted by Gasteiger charge is -2.04. The summed E-state index contributed by atoms with van der Waals surface area (Å²) in [5.74, 6) is 0. The smallest absolute Gasteiger partial charge is 0.168 e. The van der Waals surface area contributed by atoms with Crippen LogP contribution in [0.1, 0.15) is 0 Å². The van der Waals surface area contributed by atoms with Gasteiger partial charge < -0.3 is 11.1 Å². The van der Waals surface area contributed by atoms with Crippen molar-refractivity contribution in [1.29, 1.82) is 0 Å². The van der Waals surface area contributed by atoms with Crippen molar-refractivity contribution < 1.29 is 0 Å². The van der Waals surface area contributed by atoms with Gasteiger partial charge in [-0.15, -0.1) is 0 Å². The molecule has 0 atom stereocenters. The van der Waals surface area contributed by atoms with E-state index < -0.39 is 0 Å². The van der Waals surface area contributed by atoms with Crippen molar-refractivity contribution in [3.63, 3.8) is 0 Å². The molecule has 1 rings (SSSR count). The molecule has 1 aromatic heterocycles. The van der Waals surface area contributed by atoms with Gasteiger partial charge in [-0.2, -0.15) is 0 Å². The third-order valence-electron chi connectivity index (χ3n) is 1.07. The van der Waals surface area contributed by atoms with Crippen LogP contribution in [-0.2, 0) is 0 Å². The van der Waals surface area contributed by atoms with Crippen LogP contribution in [0.4, 0.5) is 5.69 Å². The number of nitrogens with one attached hydrogen (secondary N) is 1. The minimum Gasteiger partial charge on any atom is -0.376 e. The Morgan fingerprint density at radius 2 is 2.17 bits per heavy atom. The number of anilines is 1. The van der Waals surface area contributed by atoms with Crippen LogP contribution < -0.4 is 11.1 Å². The molecule has 0 bridgehead atoms. The number of halogens is 2. The van der Waals surface area contributed by atoms with Crippen LogP contribution in [0.15, 0.2) is 12.1 Å². The van der Waals surface area contributed by atoms with E-state index in [1.807, 2.05) is 0 Å². The number of aromatic nitrogens is 1. The lowest BCUT2D eigenvalue weighted by molar-refractivity contribution is 1.33. The third-order valence-corrected chi connectivity index (χ3v) is 1.67. The van der Waals surface area contributed by atoms with Crippen molar-refractivity contribution in [2.45, 2.75) is 0 Å². The zero-order chi connectivity index (χ0) is 9.14. The molecule has 0 unspecified atom stereocenters. The highest BCUT2D eigenvalue weighted by atomic mass is 35.5. The van der Waals surface area contributed by atoms with Gasteiger partial charge in [0.2, 0.25) is 0 Å². The highest BCUT2D eigenvalue weighted by Crippen LogP contribution is 2.20. The normalized spacial score (nSPS) is 9.50. The Balaban J connectivity index is 2.93. The first kappa shape index (κ1) is 9.51. The predicted octanol–water partition coefficient (Wildman–Crippen LogP) is 2.04.